The minimum absolute atomic E-state index is 0.0408. The number of anilines is 2. The molecule has 1 aromatic rings. The van der Waals surface area contributed by atoms with Crippen molar-refractivity contribution in [2.75, 3.05) is 11.5 Å². The third kappa shape index (κ3) is 2.13. The SMILES string of the molecule is Nc1ccc(C(=O)OC(=O)O)cc1N. The van der Waals surface area contributed by atoms with E-state index in [2.05, 4.69) is 4.74 Å². The van der Waals surface area contributed by atoms with Crippen LogP contribution in [0.25, 0.3) is 0 Å². The summed E-state index contributed by atoms with van der Waals surface area (Å²) in [6, 6.07) is 3.98. The van der Waals surface area contributed by atoms with E-state index < -0.39 is 12.1 Å². The summed E-state index contributed by atoms with van der Waals surface area (Å²) in [6.45, 7) is 0. The van der Waals surface area contributed by atoms with Crippen LogP contribution in [-0.4, -0.2) is 17.2 Å². The smallest absolute Gasteiger partial charge is 0.449 e. The highest BCUT2D eigenvalue weighted by Crippen LogP contribution is 2.16. The van der Waals surface area contributed by atoms with Gasteiger partial charge in [0.25, 0.3) is 0 Å². The van der Waals surface area contributed by atoms with Crippen molar-refractivity contribution in [1.29, 1.82) is 0 Å². The van der Waals surface area contributed by atoms with Crippen LogP contribution in [0.3, 0.4) is 0 Å². The molecule has 0 aliphatic rings. The van der Waals surface area contributed by atoms with Crippen LogP contribution in [0.1, 0.15) is 10.4 Å². The number of carboxylic acid groups (broad SMARTS) is 1. The topological polar surface area (TPSA) is 116 Å². The van der Waals surface area contributed by atoms with Gasteiger partial charge in [-0.3, -0.25) is 0 Å². The van der Waals surface area contributed by atoms with Crippen LogP contribution in [0.2, 0.25) is 0 Å². The fourth-order valence-electron chi connectivity index (χ4n) is 0.840. The minimum Gasteiger partial charge on any atom is -0.449 e. The molecular weight excluding hydrogens is 188 g/mol. The van der Waals surface area contributed by atoms with Gasteiger partial charge in [0, 0.05) is 0 Å². The largest absolute Gasteiger partial charge is 0.513 e. The molecular formula is C8H8N2O4. The fraction of sp³-hybridized carbons (Fsp3) is 0. The van der Waals surface area contributed by atoms with Crippen molar-refractivity contribution in [2.45, 2.75) is 0 Å². The number of hydrogen-bond acceptors (Lipinski definition) is 5. The summed E-state index contributed by atoms with van der Waals surface area (Å²) in [5, 5.41) is 8.17. The molecule has 0 bridgehead atoms. The maximum absolute atomic E-state index is 11.0. The van der Waals surface area contributed by atoms with E-state index in [0.717, 1.165) is 0 Å². The number of hydrogen-bond donors (Lipinski definition) is 3. The van der Waals surface area contributed by atoms with Crippen molar-refractivity contribution in [3.8, 4) is 0 Å². The first kappa shape index (κ1) is 9.85. The first-order chi connectivity index (χ1) is 6.50. The molecule has 1 rings (SSSR count). The number of benzene rings is 1. The molecule has 0 unspecified atom stereocenters. The third-order valence-corrected chi connectivity index (χ3v) is 1.50. The Balaban J connectivity index is 2.91. The van der Waals surface area contributed by atoms with Crippen molar-refractivity contribution in [3.05, 3.63) is 23.8 Å². The van der Waals surface area contributed by atoms with Gasteiger partial charge in [0.2, 0.25) is 0 Å². The number of ether oxygens (including phenoxy) is 1. The molecule has 0 radical (unpaired) electrons. The van der Waals surface area contributed by atoms with Gasteiger partial charge in [0.05, 0.1) is 16.9 Å². The lowest BCUT2D eigenvalue weighted by Crippen LogP contribution is -2.10. The third-order valence-electron chi connectivity index (χ3n) is 1.50. The molecule has 0 saturated heterocycles. The van der Waals surface area contributed by atoms with Crippen LogP contribution in [0.4, 0.5) is 16.2 Å². The van der Waals surface area contributed by atoms with Gasteiger partial charge in [-0.1, -0.05) is 0 Å². The molecule has 0 aliphatic heterocycles. The predicted molar refractivity (Wildman–Crippen MR) is 48.7 cm³/mol. The molecule has 0 saturated carbocycles. The molecule has 74 valence electrons. The second-order valence-corrected chi connectivity index (χ2v) is 2.50. The van der Waals surface area contributed by atoms with Crippen LogP contribution in [0.15, 0.2) is 18.2 Å². The highest BCUT2D eigenvalue weighted by atomic mass is 16.7. The summed E-state index contributed by atoms with van der Waals surface area (Å²) < 4.78 is 3.91. The first-order valence-corrected chi connectivity index (χ1v) is 3.61. The van der Waals surface area contributed by atoms with E-state index in [1.807, 2.05) is 0 Å². The molecule has 5 N–H and O–H groups in total. The lowest BCUT2D eigenvalue weighted by atomic mass is 10.2. The molecule has 0 aromatic heterocycles. The fourth-order valence-corrected chi connectivity index (χ4v) is 0.840. The Morgan fingerprint density at radius 3 is 2.36 bits per heavy atom. The highest BCUT2D eigenvalue weighted by Gasteiger charge is 2.12. The van der Waals surface area contributed by atoms with E-state index in [4.69, 9.17) is 16.6 Å². The Morgan fingerprint density at radius 2 is 1.86 bits per heavy atom. The van der Waals surface area contributed by atoms with Gasteiger partial charge in [-0.05, 0) is 18.2 Å². The number of esters is 1. The summed E-state index contributed by atoms with van der Waals surface area (Å²) >= 11 is 0. The second-order valence-electron chi connectivity index (χ2n) is 2.50. The molecule has 0 atom stereocenters. The van der Waals surface area contributed by atoms with Crippen LogP contribution in [0, 0.1) is 0 Å². The van der Waals surface area contributed by atoms with Crippen LogP contribution in [-0.2, 0) is 4.74 Å². The quantitative estimate of drug-likeness (QED) is 0.345. The van der Waals surface area contributed by atoms with Crippen molar-refractivity contribution in [1.82, 2.24) is 0 Å². The van der Waals surface area contributed by atoms with E-state index in [-0.39, 0.29) is 11.3 Å². The minimum atomic E-state index is -1.66. The number of nitrogen functional groups attached to an aromatic ring is 2. The number of rotatable bonds is 1. The second kappa shape index (κ2) is 3.65. The standard InChI is InChI=1S/C8H8N2O4/c9-5-2-1-4(3-6(5)10)7(11)14-8(12)13/h1-3H,9-10H2,(H,12,13). The molecule has 0 fully saturated rings. The first-order valence-electron chi connectivity index (χ1n) is 3.61. The molecule has 0 spiro atoms. The zero-order valence-corrected chi connectivity index (χ0v) is 7.06. The normalized spacial score (nSPS) is 9.43. The average Bonchev–Trinajstić information content (AvgIpc) is 2.08. The molecule has 0 heterocycles. The van der Waals surface area contributed by atoms with Gasteiger partial charge in [-0.15, -0.1) is 0 Å². The van der Waals surface area contributed by atoms with Gasteiger partial charge in [-0.2, -0.15) is 0 Å². The van der Waals surface area contributed by atoms with E-state index >= 15 is 0 Å². The average molecular weight is 196 g/mol. The summed E-state index contributed by atoms with van der Waals surface area (Å²) in [7, 11) is 0. The van der Waals surface area contributed by atoms with Gasteiger partial charge in [0.15, 0.2) is 0 Å². The molecule has 14 heavy (non-hydrogen) atoms. The maximum Gasteiger partial charge on any atom is 0.513 e. The van der Waals surface area contributed by atoms with Crippen molar-refractivity contribution < 1.29 is 19.4 Å². The predicted octanol–water partition coefficient (Wildman–Crippen LogP) is 0.686. The summed E-state index contributed by atoms with van der Waals surface area (Å²) in [6.07, 6.45) is -1.66. The van der Waals surface area contributed by atoms with Crippen molar-refractivity contribution in [3.63, 3.8) is 0 Å². The molecule has 6 heteroatoms. The van der Waals surface area contributed by atoms with Crippen molar-refractivity contribution >= 4 is 23.5 Å². The Morgan fingerprint density at radius 1 is 1.21 bits per heavy atom. The summed E-state index contributed by atoms with van der Waals surface area (Å²) in [4.78, 5) is 21.1. The van der Waals surface area contributed by atoms with E-state index in [9.17, 15) is 9.59 Å². The summed E-state index contributed by atoms with van der Waals surface area (Å²) in [5.74, 6) is -0.982. The van der Waals surface area contributed by atoms with Crippen LogP contribution >= 0.6 is 0 Å². The Labute approximate surface area is 79.1 Å². The van der Waals surface area contributed by atoms with E-state index in [0.29, 0.717) is 5.69 Å². The van der Waals surface area contributed by atoms with Gasteiger partial charge < -0.3 is 21.3 Å². The zero-order valence-electron chi connectivity index (χ0n) is 7.06. The molecule has 1 aromatic carbocycles. The Bertz CT molecular complexity index is 389. The monoisotopic (exact) mass is 196 g/mol. The molecule has 0 aliphatic carbocycles. The zero-order chi connectivity index (χ0) is 10.7. The Hall–Kier alpha value is -2.24. The van der Waals surface area contributed by atoms with Crippen LogP contribution < -0.4 is 11.5 Å². The highest BCUT2D eigenvalue weighted by molar-refractivity contribution is 5.96. The van der Waals surface area contributed by atoms with Crippen molar-refractivity contribution in [2.24, 2.45) is 0 Å². The lowest BCUT2D eigenvalue weighted by molar-refractivity contribution is 0.0509. The van der Waals surface area contributed by atoms with Gasteiger partial charge in [0.1, 0.15) is 0 Å². The number of carbonyl (C=O) groups excluding carboxylic acids is 1. The maximum atomic E-state index is 11.0. The summed E-state index contributed by atoms with van der Waals surface area (Å²) in [5.41, 5.74) is 11.4. The van der Waals surface area contributed by atoms with E-state index in [1.165, 1.54) is 18.2 Å². The van der Waals surface area contributed by atoms with E-state index in [1.54, 1.807) is 0 Å². The van der Waals surface area contributed by atoms with Gasteiger partial charge >= 0.3 is 12.1 Å². The Kier molecular flexibility index (Phi) is 2.57. The molecule has 6 nitrogen and oxygen atoms in total. The number of carbonyl (C=O) groups is 2. The lowest BCUT2D eigenvalue weighted by Gasteiger charge is -2.02. The van der Waals surface area contributed by atoms with Gasteiger partial charge in [-0.25, -0.2) is 9.59 Å². The number of nitrogens with two attached hydrogens (primary N) is 2. The van der Waals surface area contributed by atoms with Crippen LogP contribution in [0.5, 0.6) is 0 Å². The molecule has 0 amide bonds.